The number of hydrogen-bond donors (Lipinski definition) is 1. The van der Waals surface area contributed by atoms with Crippen LogP contribution in [0.15, 0.2) is 53.7 Å². The van der Waals surface area contributed by atoms with Crippen molar-refractivity contribution >= 4 is 23.5 Å². The van der Waals surface area contributed by atoms with Crippen LogP contribution in [0.25, 0.3) is 0 Å². The van der Waals surface area contributed by atoms with E-state index >= 15 is 0 Å². The van der Waals surface area contributed by atoms with Gasteiger partial charge in [-0.1, -0.05) is 23.9 Å². The van der Waals surface area contributed by atoms with Gasteiger partial charge >= 0.3 is 0 Å². The zero-order valence-corrected chi connectivity index (χ0v) is 17.6. The number of ether oxygens (including phenoxy) is 1. The van der Waals surface area contributed by atoms with E-state index in [-0.39, 0.29) is 17.1 Å². The topological polar surface area (TPSA) is 86.1 Å². The van der Waals surface area contributed by atoms with Gasteiger partial charge in [0.15, 0.2) is 16.8 Å². The molecule has 1 aromatic heterocycles. The minimum atomic E-state index is -0.589. The molecule has 1 N–H and O–H groups in total. The summed E-state index contributed by atoms with van der Waals surface area (Å²) in [6.07, 6.45) is 0. The molecule has 0 aliphatic heterocycles. The van der Waals surface area contributed by atoms with Gasteiger partial charge in [0.25, 0.3) is 5.91 Å². The number of thioether (sulfide) groups is 1. The molecule has 0 aliphatic rings. The quantitative estimate of drug-likeness (QED) is 0.437. The van der Waals surface area contributed by atoms with Crippen molar-refractivity contribution in [2.24, 2.45) is 7.05 Å². The van der Waals surface area contributed by atoms with E-state index in [0.29, 0.717) is 22.3 Å². The van der Waals surface area contributed by atoms with Crippen molar-refractivity contribution in [3.63, 3.8) is 0 Å². The zero-order valence-electron chi connectivity index (χ0n) is 16.8. The maximum Gasteiger partial charge on any atom is 0.254 e. The number of benzene rings is 2. The smallest absolute Gasteiger partial charge is 0.254 e. The minimum absolute atomic E-state index is 0.0359. The number of rotatable bonds is 8. The van der Waals surface area contributed by atoms with E-state index in [9.17, 15) is 14.0 Å². The Morgan fingerprint density at radius 3 is 2.53 bits per heavy atom. The van der Waals surface area contributed by atoms with E-state index in [2.05, 4.69) is 15.5 Å². The van der Waals surface area contributed by atoms with Crippen molar-refractivity contribution in [1.82, 2.24) is 20.1 Å². The standard InChI is InChI=1S/C21H21FN4O3S/c1-13(23-20(28)16-6-4-5-7-17(16)22)19-24-25-21(26(19)2)30-12-18(27)14-8-10-15(29-3)11-9-14/h4-11,13H,12H2,1-3H3,(H,23,28)/t13-/m1/s1. The summed E-state index contributed by atoms with van der Waals surface area (Å²) in [6, 6.07) is 12.2. The van der Waals surface area contributed by atoms with Gasteiger partial charge in [-0.15, -0.1) is 10.2 Å². The fraction of sp³-hybridized carbons (Fsp3) is 0.238. The molecule has 3 aromatic rings. The molecule has 0 bridgehead atoms. The van der Waals surface area contributed by atoms with Gasteiger partial charge in [0.05, 0.1) is 24.5 Å². The number of hydrogen-bond acceptors (Lipinski definition) is 6. The monoisotopic (exact) mass is 428 g/mol. The first kappa shape index (κ1) is 21.5. The lowest BCUT2D eigenvalue weighted by Crippen LogP contribution is -2.29. The SMILES string of the molecule is COc1ccc(C(=O)CSc2nnc([C@@H](C)NC(=O)c3ccccc3F)n2C)cc1. The zero-order chi connectivity index (χ0) is 21.7. The summed E-state index contributed by atoms with van der Waals surface area (Å²) in [4.78, 5) is 24.7. The molecule has 3 rings (SSSR count). The van der Waals surface area contributed by atoms with E-state index in [1.807, 2.05) is 0 Å². The van der Waals surface area contributed by atoms with Crippen molar-refractivity contribution in [1.29, 1.82) is 0 Å². The average molecular weight is 428 g/mol. The summed E-state index contributed by atoms with van der Waals surface area (Å²) >= 11 is 1.25. The number of carbonyl (C=O) groups excluding carboxylic acids is 2. The van der Waals surface area contributed by atoms with Crippen LogP contribution in [0.5, 0.6) is 5.75 Å². The van der Waals surface area contributed by atoms with Crippen LogP contribution in [-0.4, -0.2) is 39.3 Å². The number of nitrogens with one attached hydrogen (secondary N) is 1. The lowest BCUT2D eigenvalue weighted by molar-refractivity contribution is 0.0933. The van der Waals surface area contributed by atoms with Crippen molar-refractivity contribution in [2.45, 2.75) is 18.1 Å². The first-order valence-electron chi connectivity index (χ1n) is 9.15. The van der Waals surface area contributed by atoms with Gasteiger partial charge in [-0.25, -0.2) is 4.39 Å². The second-order valence-electron chi connectivity index (χ2n) is 6.52. The molecule has 1 heterocycles. The molecule has 0 radical (unpaired) electrons. The van der Waals surface area contributed by atoms with Crippen molar-refractivity contribution < 1.29 is 18.7 Å². The summed E-state index contributed by atoms with van der Waals surface area (Å²) in [7, 11) is 3.32. The van der Waals surface area contributed by atoms with Crippen molar-refractivity contribution in [3.8, 4) is 5.75 Å². The molecular formula is C21H21FN4O3S. The van der Waals surface area contributed by atoms with Gasteiger partial charge < -0.3 is 14.6 Å². The minimum Gasteiger partial charge on any atom is -0.497 e. The number of methoxy groups -OCH3 is 1. The highest BCUT2D eigenvalue weighted by Gasteiger charge is 2.20. The first-order chi connectivity index (χ1) is 14.4. The molecular weight excluding hydrogens is 407 g/mol. The Balaban J connectivity index is 1.62. The van der Waals surface area contributed by atoms with Crippen LogP contribution < -0.4 is 10.1 Å². The van der Waals surface area contributed by atoms with Crippen LogP contribution >= 0.6 is 11.8 Å². The van der Waals surface area contributed by atoms with Crippen molar-refractivity contribution in [2.75, 3.05) is 12.9 Å². The molecule has 1 amide bonds. The Hall–Kier alpha value is -3.20. The van der Waals surface area contributed by atoms with Gasteiger partial charge in [0.1, 0.15) is 11.6 Å². The number of amides is 1. The van der Waals surface area contributed by atoms with Gasteiger partial charge in [0, 0.05) is 12.6 Å². The number of carbonyl (C=O) groups is 2. The summed E-state index contributed by atoms with van der Waals surface area (Å²) in [5.41, 5.74) is 0.544. The Bertz CT molecular complexity index is 1050. The molecule has 0 spiro atoms. The average Bonchev–Trinajstić information content (AvgIpc) is 3.12. The molecule has 1 atom stereocenters. The van der Waals surface area contributed by atoms with Gasteiger partial charge in [-0.05, 0) is 43.3 Å². The molecule has 30 heavy (non-hydrogen) atoms. The Morgan fingerprint density at radius 1 is 1.17 bits per heavy atom. The summed E-state index contributed by atoms with van der Waals surface area (Å²) < 4.78 is 20.6. The van der Waals surface area contributed by atoms with Crippen LogP contribution in [0.1, 0.15) is 39.5 Å². The van der Waals surface area contributed by atoms with Gasteiger partial charge in [-0.3, -0.25) is 9.59 Å². The summed E-state index contributed by atoms with van der Waals surface area (Å²) in [5, 5.41) is 11.5. The van der Waals surface area contributed by atoms with Crippen LogP contribution in [-0.2, 0) is 7.05 Å². The third kappa shape index (κ3) is 4.85. The molecule has 0 aliphatic carbocycles. The number of ketones is 1. The molecule has 0 saturated heterocycles. The number of aromatic nitrogens is 3. The maximum atomic E-state index is 13.8. The predicted octanol–water partition coefficient (Wildman–Crippen LogP) is 3.43. The number of nitrogens with zero attached hydrogens (tertiary/aromatic N) is 3. The lowest BCUT2D eigenvalue weighted by Gasteiger charge is -2.14. The Labute approximate surface area is 177 Å². The highest BCUT2D eigenvalue weighted by Crippen LogP contribution is 2.21. The second-order valence-corrected chi connectivity index (χ2v) is 7.46. The highest BCUT2D eigenvalue weighted by molar-refractivity contribution is 7.99. The van der Waals surface area contributed by atoms with Gasteiger partial charge in [-0.2, -0.15) is 0 Å². The second kappa shape index (κ2) is 9.53. The summed E-state index contributed by atoms with van der Waals surface area (Å²) in [5.74, 6) is 0.200. The molecule has 0 fully saturated rings. The van der Waals surface area contributed by atoms with E-state index in [1.165, 1.54) is 30.0 Å². The number of halogens is 1. The first-order valence-corrected chi connectivity index (χ1v) is 10.1. The van der Waals surface area contributed by atoms with Crippen LogP contribution in [0, 0.1) is 5.82 Å². The molecule has 156 valence electrons. The van der Waals surface area contributed by atoms with Crippen LogP contribution in [0.4, 0.5) is 4.39 Å². The molecule has 2 aromatic carbocycles. The van der Waals surface area contributed by atoms with Crippen molar-refractivity contribution in [3.05, 3.63) is 71.3 Å². The normalized spacial score (nSPS) is 11.7. The Morgan fingerprint density at radius 2 is 1.87 bits per heavy atom. The fourth-order valence-corrected chi connectivity index (χ4v) is 3.62. The molecule has 7 nitrogen and oxygen atoms in total. The predicted molar refractivity (Wildman–Crippen MR) is 111 cm³/mol. The van der Waals surface area contributed by atoms with Crippen LogP contribution in [0.3, 0.4) is 0 Å². The van der Waals surface area contributed by atoms with E-state index < -0.39 is 17.8 Å². The van der Waals surface area contributed by atoms with E-state index in [0.717, 1.165) is 0 Å². The highest BCUT2D eigenvalue weighted by atomic mass is 32.2. The lowest BCUT2D eigenvalue weighted by atomic mass is 10.1. The largest absolute Gasteiger partial charge is 0.497 e. The van der Waals surface area contributed by atoms with E-state index in [4.69, 9.17) is 4.74 Å². The molecule has 0 saturated carbocycles. The Kier molecular flexibility index (Phi) is 6.83. The third-order valence-corrected chi connectivity index (χ3v) is 5.49. The third-order valence-electron chi connectivity index (χ3n) is 4.47. The number of Topliss-reactive ketones (excluding diaryl/α,β-unsaturated/α-hetero) is 1. The molecule has 0 unspecified atom stereocenters. The fourth-order valence-electron chi connectivity index (χ4n) is 2.80. The maximum absolute atomic E-state index is 13.8. The van der Waals surface area contributed by atoms with Gasteiger partial charge in [0.2, 0.25) is 0 Å². The van der Waals surface area contributed by atoms with E-state index in [1.54, 1.807) is 56.0 Å². The van der Waals surface area contributed by atoms with Crippen LogP contribution in [0.2, 0.25) is 0 Å². The summed E-state index contributed by atoms with van der Waals surface area (Å²) in [6.45, 7) is 1.74. The molecule has 9 heteroatoms.